The third-order valence-electron chi connectivity index (χ3n) is 1.04. The average Bonchev–Trinajstić information content (AvgIpc) is 1.77. The Hall–Kier alpha value is -0.0300. The largest absolute Gasteiger partial charge is 0.304 e. The van der Waals surface area contributed by atoms with E-state index in [1.807, 2.05) is 0 Å². The Balaban J connectivity index is 2.29. The van der Waals surface area contributed by atoms with E-state index in [4.69, 9.17) is 18.0 Å². The third kappa shape index (κ3) is 1.48. The van der Waals surface area contributed by atoms with Crippen molar-refractivity contribution in [1.82, 2.24) is 10.6 Å². The fraction of sp³-hybridized carbons (Fsp3) is 0.750. The first kappa shape index (κ1) is 6.10. The lowest BCUT2D eigenvalue weighted by molar-refractivity contribution is 0.464. The van der Waals surface area contributed by atoms with Gasteiger partial charge in [0.2, 0.25) is 0 Å². The topological polar surface area (TPSA) is 50.1 Å². The first-order valence-electron chi connectivity index (χ1n) is 2.53. The van der Waals surface area contributed by atoms with Crippen LogP contribution in [0, 0.1) is 0 Å². The van der Waals surface area contributed by atoms with Crippen LogP contribution >= 0.6 is 12.2 Å². The molecule has 8 heavy (non-hydrogen) atoms. The zero-order valence-electron chi connectivity index (χ0n) is 4.48. The van der Waals surface area contributed by atoms with Crippen LogP contribution in [-0.4, -0.2) is 24.2 Å². The van der Waals surface area contributed by atoms with Gasteiger partial charge in [-0.3, -0.25) is 10.6 Å². The summed E-state index contributed by atoms with van der Waals surface area (Å²) in [6.45, 7) is 1.53. The molecule has 1 aliphatic rings. The van der Waals surface area contributed by atoms with Gasteiger partial charge in [-0.05, 0) is 0 Å². The van der Waals surface area contributed by atoms with Crippen molar-refractivity contribution >= 4 is 17.1 Å². The summed E-state index contributed by atoms with van der Waals surface area (Å²) in [5.74, 6) is 0. The first-order valence-corrected chi connectivity index (χ1v) is 2.94. The third-order valence-corrected chi connectivity index (χ3v) is 1.33. The van der Waals surface area contributed by atoms with Gasteiger partial charge in [0.05, 0.1) is 0 Å². The van der Waals surface area contributed by atoms with Crippen LogP contribution in [0.4, 0.5) is 0 Å². The molecule has 1 saturated heterocycles. The van der Waals surface area contributed by atoms with Gasteiger partial charge in [0.15, 0.2) is 0 Å². The molecular formula is C4H9N3S. The predicted octanol–water partition coefficient (Wildman–Crippen LogP) is -1.21. The van der Waals surface area contributed by atoms with Gasteiger partial charge in [-0.2, -0.15) is 0 Å². The lowest BCUT2D eigenvalue weighted by Crippen LogP contribution is -2.57. The quantitative estimate of drug-likeness (QED) is 0.361. The van der Waals surface area contributed by atoms with Crippen LogP contribution < -0.4 is 16.4 Å². The minimum atomic E-state index is -0.0679. The van der Waals surface area contributed by atoms with E-state index < -0.39 is 0 Å². The summed E-state index contributed by atoms with van der Waals surface area (Å²) >= 11 is 4.88. The maximum absolute atomic E-state index is 5.42. The van der Waals surface area contributed by atoms with Crippen molar-refractivity contribution < 1.29 is 0 Å². The summed E-state index contributed by atoms with van der Waals surface area (Å²) in [6.07, 6.45) is -0.0679. The van der Waals surface area contributed by atoms with Crippen LogP contribution in [0.1, 0.15) is 0 Å². The molecule has 0 aromatic rings. The molecule has 0 aromatic heterocycles. The fourth-order valence-corrected chi connectivity index (χ4v) is 0.749. The molecule has 46 valence electrons. The van der Waals surface area contributed by atoms with Gasteiger partial charge in [-0.15, -0.1) is 0 Å². The molecule has 1 rings (SSSR count). The summed E-state index contributed by atoms with van der Waals surface area (Å²) in [7, 11) is 0. The Morgan fingerprint density at radius 3 is 2.38 bits per heavy atom. The Kier molecular flexibility index (Phi) is 1.90. The molecule has 0 bridgehead atoms. The molecule has 1 fully saturated rings. The second-order valence-corrected chi connectivity index (χ2v) is 2.36. The number of nitrogens with two attached hydrogens (primary N) is 1. The van der Waals surface area contributed by atoms with Crippen LogP contribution in [0.15, 0.2) is 0 Å². The number of thiocarbonyl (C=S) groups is 1. The Morgan fingerprint density at radius 2 is 2.00 bits per heavy atom. The van der Waals surface area contributed by atoms with Crippen molar-refractivity contribution in [3.63, 3.8) is 0 Å². The van der Waals surface area contributed by atoms with Gasteiger partial charge < -0.3 is 5.73 Å². The molecule has 0 saturated carbocycles. The van der Waals surface area contributed by atoms with Crippen LogP contribution in [0.25, 0.3) is 0 Å². The van der Waals surface area contributed by atoms with Crippen LogP contribution in [0.5, 0.6) is 0 Å². The standard InChI is InChI=1S/C4H9N3S/c5-4-6-1-3(8)2-7-4/h4,6-7H,1-2,5H2. The molecule has 0 unspecified atom stereocenters. The van der Waals surface area contributed by atoms with Gasteiger partial charge in [-0.25, -0.2) is 0 Å². The van der Waals surface area contributed by atoms with Gasteiger partial charge in [0, 0.05) is 18.0 Å². The van der Waals surface area contributed by atoms with Crippen molar-refractivity contribution in [2.75, 3.05) is 13.1 Å². The van der Waals surface area contributed by atoms with E-state index in [-0.39, 0.29) is 6.29 Å². The van der Waals surface area contributed by atoms with E-state index in [9.17, 15) is 0 Å². The summed E-state index contributed by atoms with van der Waals surface area (Å²) in [5, 5.41) is 5.91. The van der Waals surface area contributed by atoms with Gasteiger partial charge in [0.1, 0.15) is 6.29 Å². The van der Waals surface area contributed by atoms with E-state index in [0.29, 0.717) is 0 Å². The molecule has 4 N–H and O–H groups in total. The Labute approximate surface area is 53.6 Å². The van der Waals surface area contributed by atoms with E-state index >= 15 is 0 Å². The Morgan fingerprint density at radius 1 is 1.50 bits per heavy atom. The van der Waals surface area contributed by atoms with Gasteiger partial charge in [-0.1, -0.05) is 12.2 Å². The molecule has 0 aliphatic carbocycles. The molecule has 0 radical (unpaired) electrons. The highest BCUT2D eigenvalue weighted by molar-refractivity contribution is 7.80. The highest BCUT2D eigenvalue weighted by Gasteiger charge is 2.08. The molecule has 0 spiro atoms. The van der Waals surface area contributed by atoms with Crippen molar-refractivity contribution in [3.8, 4) is 0 Å². The molecule has 4 heteroatoms. The van der Waals surface area contributed by atoms with Crippen LogP contribution in [0.3, 0.4) is 0 Å². The number of hydrogen-bond donors (Lipinski definition) is 3. The van der Waals surface area contributed by atoms with Crippen molar-refractivity contribution in [1.29, 1.82) is 0 Å². The molecule has 0 aromatic carbocycles. The Bertz CT molecular complexity index is 93.5. The molecule has 3 nitrogen and oxygen atoms in total. The number of hydrogen-bond acceptors (Lipinski definition) is 4. The van der Waals surface area contributed by atoms with Crippen molar-refractivity contribution in [3.05, 3.63) is 0 Å². The number of rotatable bonds is 0. The van der Waals surface area contributed by atoms with E-state index in [2.05, 4.69) is 10.6 Å². The number of nitrogens with one attached hydrogen (secondary N) is 2. The first-order chi connectivity index (χ1) is 3.79. The SMILES string of the molecule is NC1NCC(=S)CN1. The summed E-state index contributed by atoms with van der Waals surface area (Å²) in [5.41, 5.74) is 5.42. The van der Waals surface area contributed by atoms with Crippen molar-refractivity contribution in [2.24, 2.45) is 5.73 Å². The molecular weight excluding hydrogens is 122 g/mol. The van der Waals surface area contributed by atoms with Crippen LogP contribution in [-0.2, 0) is 0 Å². The molecule has 0 amide bonds. The predicted molar refractivity (Wildman–Crippen MR) is 36.6 cm³/mol. The van der Waals surface area contributed by atoms with Gasteiger partial charge in [0.25, 0.3) is 0 Å². The molecule has 0 atom stereocenters. The maximum Gasteiger partial charge on any atom is 0.109 e. The highest BCUT2D eigenvalue weighted by atomic mass is 32.1. The zero-order chi connectivity index (χ0) is 5.98. The minimum absolute atomic E-state index is 0.0679. The smallest absolute Gasteiger partial charge is 0.109 e. The zero-order valence-corrected chi connectivity index (χ0v) is 5.29. The highest BCUT2D eigenvalue weighted by Crippen LogP contribution is 1.80. The summed E-state index contributed by atoms with van der Waals surface area (Å²) in [6, 6.07) is 0. The normalized spacial score (nSPS) is 23.9. The second-order valence-electron chi connectivity index (χ2n) is 1.78. The summed E-state index contributed by atoms with van der Waals surface area (Å²) in [4.78, 5) is 0.992. The molecule has 1 heterocycles. The lowest BCUT2D eigenvalue weighted by Gasteiger charge is -2.21. The average molecular weight is 131 g/mol. The molecule has 1 aliphatic heterocycles. The monoisotopic (exact) mass is 131 g/mol. The van der Waals surface area contributed by atoms with Gasteiger partial charge >= 0.3 is 0 Å². The summed E-state index contributed by atoms with van der Waals surface area (Å²) < 4.78 is 0. The van der Waals surface area contributed by atoms with Crippen molar-refractivity contribution in [2.45, 2.75) is 6.29 Å². The second kappa shape index (κ2) is 2.50. The van der Waals surface area contributed by atoms with E-state index in [1.54, 1.807) is 0 Å². The lowest BCUT2D eigenvalue weighted by atomic mass is 10.3. The van der Waals surface area contributed by atoms with E-state index in [0.717, 1.165) is 18.0 Å². The van der Waals surface area contributed by atoms with Crippen LogP contribution in [0.2, 0.25) is 0 Å². The maximum atomic E-state index is 5.42. The fourth-order valence-electron chi connectivity index (χ4n) is 0.582. The minimum Gasteiger partial charge on any atom is -0.304 e. The van der Waals surface area contributed by atoms with E-state index in [1.165, 1.54) is 0 Å².